The van der Waals surface area contributed by atoms with E-state index in [-0.39, 0.29) is 23.9 Å². The Morgan fingerprint density at radius 2 is 1.43 bits per heavy atom. The van der Waals surface area contributed by atoms with Crippen molar-refractivity contribution in [2.24, 2.45) is 22.1 Å². The molecule has 0 N–H and O–H groups in total. The Balaban J connectivity index is 2.11. The fourth-order valence-electron chi connectivity index (χ4n) is 4.76. The lowest BCUT2D eigenvalue weighted by Gasteiger charge is -2.47. The summed E-state index contributed by atoms with van der Waals surface area (Å²) in [7, 11) is 2.93. The van der Waals surface area contributed by atoms with Crippen LogP contribution in [0.4, 0.5) is 0 Å². The molecule has 13 nitrogen and oxygen atoms in total. The zero-order valence-electron chi connectivity index (χ0n) is 21.4. The Labute approximate surface area is 206 Å². The number of nitrogens with zero attached hydrogens (tertiary/aromatic N) is 6. The molecule has 0 radical (unpaired) electrons. The summed E-state index contributed by atoms with van der Waals surface area (Å²) in [6.45, 7) is 7.92. The van der Waals surface area contributed by atoms with Gasteiger partial charge in [-0.3, -0.25) is 4.79 Å². The van der Waals surface area contributed by atoms with E-state index < -0.39 is 43.0 Å². The van der Waals surface area contributed by atoms with Gasteiger partial charge in [-0.1, -0.05) is 30.5 Å². The Morgan fingerprint density at radius 1 is 0.857 bits per heavy atom. The summed E-state index contributed by atoms with van der Waals surface area (Å²) in [5, 5.41) is 7.79. The van der Waals surface area contributed by atoms with Crippen molar-refractivity contribution in [2.75, 3.05) is 20.8 Å². The van der Waals surface area contributed by atoms with Crippen molar-refractivity contribution in [2.45, 2.75) is 102 Å². The second-order valence-corrected chi connectivity index (χ2v) is 9.09. The molecule has 0 amide bonds. The molecular formula is C22H38N6O7. The first-order chi connectivity index (χ1) is 16.8. The van der Waals surface area contributed by atoms with Crippen LogP contribution in [0.2, 0.25) is 0 Å². The van der Waals surface area contributed by atoms with Gasteiger partial charge in [0.25, 0.3) is 0 Å². The molecule has 2 aliphatic rings. The molecule has 0 saturated carbocycles. The second-order valence-electron chi connectivity index (χ2n) is 9.09. The van der Waals surface area contributed by atoms with Gasteiger partial charge in [-0.15, -0.1) is 0 Å². The van der Waals surface area contributed by atoms with Crippen LogP contribution in [0.5, 0.6) is 0 Å². The van der Waals surface area contributed by atoms with Crippen LogP contribution in [0.1, 0.15) is 53.4 Å². The predicted octanol–water partition coefficient (Wildman–Crippen LogP) is 4.26. The van der Waals surface area contributed by atoms with Gasteiger partial charge in [0.1, 0.15) is 12.2 Å². The molecule has 198 valence electrons. The minimum absolute atomic E-state index is 0.162. The summed E-state index contributed by atoms with van der Waals surface area (Å²) in [6, 6.07) is -0.863. The van der Waals surface area contributed by atoms with Gasteiger partial charge < -0.3 is 28.4 Å². The maximum Gasteiger partial charge on any atom is 0.305 e. The van der Waals surface area contributed by atoms with Gasteiger partial charge in [0.15, 0.2) is 12.6 Å². The third kappa shape index (κ3) is 7.68. The van der Waals surface area contributed by atoms with Crippen molar-refractivity contribution >= 4 is 5.97 Å². The SMILES string of the molecule is COC(=O)CCCCCO[C@H]1OC(C)[C@@H](N=[N+]=[N-])[C@H](C)C1O[C@H]1OC(C)[C@@H](N=[N+]=[N-])[C@H](C)C1OC. The maximum atomic E-state index is 11.3. The number of unbranched alkanes of at least 4 members (excludes halogenated alkanes) is 2. The normalized spacial score (nSPS) is 37.1. The van der Waals surface area contributed by atoms with Crippen LogP contribution in [0.15, 0.2) is 10.2 Å². The van der Waals surface area contributed by atoms with Gasteiger partial charge in [0.05, 0.1) is 31.4 Å². The number of azide groups is 2. The van der Waals surface area contributed by atoms with E-state index in [4.69, 9.17) is 34.7 Å². The molecule has 2 aliphatic heterocycles. The van der Waals surface area contributed by atoms with E-state index in [9.17, 15) is 4.79 Å². The topological polar surface area (TPSA) is 170 Å². The average Bonchev–Trinajstić information content (AvgIpc) is 2.83. The zero-order valence-corrected chi connectivity index (χ0v) is 21.4. The van der Waals surface area contributed by atoms with Crippen LogP contribution in [0.25, 0.3) is 20.9 Å². The minimum atomic E-state index is -0.766. The first-order valence-electron chi connectivity index (χ1n) is 12.0. The number of methoxy groups -OCH3 is 2. The predicted molar refractivity (Wildman–Crippen MR) is 125 cm³/mol. The molecular weight excluding hydrogens is 460 g/mol. The van der Waals surface area contributed by atoms with Gasteiger partial charge in [-0.05, 0) is 49.6 Å². The number of ether oxygens (including phenoxy) is 6. The monoisotopic (exact) mass is 498 g/mol. The number of esters is 1. The van der Waals surface area contributed by atoms with Crippen molar-refractivity contribution in [3.8, 4) is 0 Å². The Bertz CT molecular complexity index is 775. The molecule has 2 saturated heterocycles. The van der Waals surface area contributed by atoms with Crippen molar-refractivity contribution in [1.29, 1.82) is 0 Å². The van der Waals surface area contributed by atoms with Crippen LogP contribution in [0, 0.1) is 11.8 Å². The molecule has 4 unspecified atom stereocenters. The maximum absolute atomic E-state index is 11.3. The van der Waals surface area contributed by atoms with E-state index >= 15 is 0 Å². The first kappa shape index (κ1) is 29.1. The third-order valence-electron chi connectivity index (χ3n) is 6.78. The summed E-state index contributed by atoms with van der Waals surface area (Å²) in [5.74, 6) is -0.626. The largest absolute Gasteiger partial charge is 0.469 e. The number of rotatable bonds is 12. The van der Waals surface area contributed by atoms with Gasteiger partial charge in [0.2, 0.25) is 0 Å². The third-order valence-corrected chi connectivity index (χ3v) is 6.78. The number of hydrogen-bond acceptors (Lipinski definition) is 9. The summed E-state index contributed by atoms with van der Waals surface area (Å²) in [4.78, 5) is 17.2. The molecule has 2 heterocycles. The van der Waals surface area contributed by atoms with Gasteiger partial charge in [-0.2, -0.15) is 0 Å². The smallest absolute Gasteiger partial charge is 0.305 e. The van der Waals surface area contributed by atoms with E-state index in [0.29, 0.717) is 19.4 Å². The summed E-state index contributed by atoms with van der Waals surface area (Å²) < 4.78 is 34.9. The van der Waals surface area contributed by atoms with Gasteiger partial charge >= 0.3 is 5.97 Å². The quantitative estimate of drug-likeness (QED) is 0.127. The van der Waals surface area contributed by atoms with E-state index in [1.165, 1.54) is 7.11 Å². The standard InChI is InChI=1S/C22H38N6O7/c1-12-17(25-27-23)15(4)34-22(19(12)31-6)35-20-13(2)18(26-28-24)14(3)33-21(20)32-11-9-7-8-10-16(29)30-5/h12-15,17-22H,7-11H2,1-6H3/t12-,13-,14?,15?,17-,18-,19?,20?,21-,22+/m0/s1. The van der Waals surface area contributed by atoms with Crippen LogP contribution in [0.3, 0.4) is 0 Å². The molecule has 0 aromatic rings. The van der Waals surface area contributed by atoms with Crippen LogP contribution in [-0.2, 0) is 33.2 Å². The molecule has 2 fully saturated rings. The highest BCUT2D eigenvalue weighted by molar-refractivity contribution is 5.68. The zero-order chi connectivity index (χ0) is 26.0. The minimum Gasteiger partial charge on any atom is -0.469 e. The van der Waals surface area contributed by atoms with Gasteiger partial charge in [0, 0.05) is 30.0 Å². The highest BCUT2D eigenvalue weighted by atomic mass is 16.7. The number of carbonyl (C=O) groups is 1. The molecule has 35 heavy (non-hydrogen) atoms. The Kier molecular flexibility index (Phi) is 12.0. The second kappa shape index (κ2) is 14.4. The molecule has 0 aliphatic carbocycles. The fraction of sp³-hybridized carbons (Fsp3) is 0.955. The lowest BCUT2D eigenvalue weighted by molar-refractivity contribution is -0.335. The number of hydrogen-bond donors (Lipinski definition) is 0. The highest BCUT2D eigenvalue weighted by Crippen LogP contribution is 2.36. The summed E-state index contributed by atoms with van der Waals surface area (Å²) >= 11 is 0. The molecule has 2 rings (SSSR count). The van der Waals surface area contributed by atoms with Crippen LogP contribution in [-0.4, -0.2) is 75.9 Å². The van der Waals surface area contributed by atoms with Crippen molar-refractivity contribution in [3.63, 3.8) is 0 Å². The average molecular weight is 499 g/mol. The molecule has 0 aromatic heterocycles. The summed E-state index contributed by atoms with van der Waals surface area (Å²) in [6.07, 6.45) is -0.734. The molecule has 10 atom stereocenters. The van der Waals surface area contributed by atoms with E-state index in [1.54, 1.807) is 7.11 Å². The van der Waals surface area contributed by atoms with E-state index in [1.807, 2.05) is 27.7 Å². The summed E-state index contributed by atoms with van der Waals surface area (Å²) in [5.41, 5.74) is 18.0. The van der Waals surface area contributed by atoms with Crippen LogP contribution < -0.4 is 0 Å². The Morgan fingerprint density at radius 3 is 1.97 bits per heavy atom. The lowest BCUT2D eigenvalue weighted by Crippen LogP contribution is -2.59. The van der Waals surface area contributed by atoms with Crippen molar-refractivity contribution in [3.05, 3.63) is 20.9 Å². The number of carbonyl (C=O) groups excluding carboxylic acids is 1. The Hall–Kier alpha value is -2.11. The van der Waals surface area contributed by atoms with Crippen LogP contribution >= 0.6 is 0 Å². The molecule has 0 spiro atoms. The van der Waals surface area contributed by atoms with Crippen molar-refractivity contribution in [1.82, 2.24) is 0 Å². The molecule has 0 aromatic carbocycles. The molecule has 13 heteroatoms. The van der Waals surface area contributed by atoms with Crippen molar-refractivity contribution < 1.29 is 33.2 Å². The van der Waals surface area contributed by atoms with E-state index in [0.717, 1.165) is 12.8 Å². The highest BCUT2D eigenvalue weighted by Gasteiger charge is 2.48. The first-order valence-corrected chi connectivity index (χ1v) is 12.0. The lowest BCUT2D eigenvalue weighted by atomic mass is 9.87. The molecule has 0 bridgehead atoms. The van der Waals surface area contributed by atoms with Gasteiger partial charge in [-0.25, -0.2) is 0 Å². The fourth-order valence-corrected chi connectivity index (χ4v) is 4.76. The van der Waals surface area contributed by atoms with E-state index in [2.05, 4.69) is 24.8 Å².